The number of benzene rings is 2. The highest BCUT2D eigenvalue weighted by atomic mass is 35.5. The summed E-state index contributed by atoms with van der Waals surface area (Å²) in [7, 11) is 0. The summed E-state index contributed by atoms with van der Waals surface area (Å²) in [6.07, 6.45) is 0.275. The van der Waals surface area contributed by atoms with Gasteiger partial charge in [-0.25, -0.2) is 0 Å². The van der Waals surface area contributed by atoms with E-state index >= 15 is 0 Å². The van der Waals surface area contributed by atoms with Crippen LogP contribution in [-0.4, -0.2) is 11.5 Å². The molecule has 0 aliphatic rings. The lowest BCUT2D eigenvalue weighted by Crippen LogP contribution is -2.06. The zero-order chi connectivity index (χ0) is 14.5. The zero-order valence-electron chi connectivity index (χ0n) is 10.4. The topological polar surface area (TPSA) is 17.1 Å². The quantitative estimate of drug-likeness (QED) is 0.661. The maximum atomic E-state index is 12.0. The van der Waals surface area contributed by atoms with E-state index in [1.807, 2.05) is 30.3 Å². The fourth-order valence-electron chi connectivity index (χ4n) is 1.67. The third-order valence-electron chi connectivity index (χ3n) is 2.64. The molecule has 0 unspecified atom stereocenters. The summed E-state index contributed by atoms with van der Waals surface area (Å²) < 4.78 is 0. The second-order valence-electron chi connectivity index (χ2n) is 4.15. The molecule has 0 amide bonds. The van der Waals surface area contributed by atoms with Crippen LogP contribution >= 0.6 is 46.6 Å². The smallest absolute Gasteiger partial charge is 0.147 e. The summed E-state index contributed by atoms with van der Waals surface area (Å²) in [4.78, 5) is 12.9. The van der Waals surface area contributed by atoms with Gasteiger partial charge in [0, 0.05) is 11.3 Å². The van der Waals surface area contributed by atoms with E-state index in [9.17, 15) is 4.79 Å². The summed E-state index contributed by atoms with van der Waals surface area (Å²) in [6, 6.07) is 12.8. The Hall–Kier alpha value is -0.670. The fourth-order valence-corrected chi connectivity index (χ4v) is 3.15. The fraction of sp³-hybridized carbons (Fsp3) is 0.133. The van der Waals surface area contributed by atoms with Gasteiger partial charge in [-0.3, -0.25) is 4.79 Å². The molecule has 1 nitrogen and oxygen atoms in total. The summed E-state index contributed by atoms with van der Waals surface area (Å²) >= 11 is 19.5. The minimum absolute atomic E-state index is 0.0825. The number of thioether (sulfide) groups is 1. The molecular formula is C15H11Cl3OS. The van der Waals surface area contributed by atoms with Gasteiger partial charge in [0.15, 0.2) is 0 Å². The van der Waals surface area contributed by atoms with Crippen molar-refractivity contribution in [2.75, 3.05) is 5.75 Å². The molecule has 2 rings (SSSR count). The van der Waals surface area contributed by atoms with Gasteiger partial charge in [-0.05, 0) is 23.8 Å². The molecule has 0 N–H and O–H groups in total. The van der Waals surface area contributed by atoms with Crippen LogP contribution in [0.15, 0.2) is 47.4 Å². The first kappa shape index (κ1) is 15.7. The third-order valence-corrected chi connectivity index (χ3v) is 5.08. The summed E-state index contributed by atoms with van der Waals surface area (Å²) in [5, 5.41) is 1.58. The summed E-state index contributed by atoms with van der Waals surface area (Å²) in [6.45, 7) is 0. The van der Waals surface area contributed by atoms with Gasteiger partial charge >= 0.3 is 0 Å². The highest BCUT2D eigenvalue weighted by molar-refractivity contribution is 8.00. The number of carbonyl (C=O) groups excluding carboxylic acids is 1. The van der Waals surface area contributed by atoms with E-state index in [0.717, 1.165) is 10.5 Å². The van der Waals surface area contributed by atoms with Gasteiger partial charge in [0.1, 0.15) is 5.78 Å². The molecule has 2 aromatic carbocycles. The van der Waals surface area contributed by atoms with Crippen molar-refractivity contribution in [1.82, 2.24) is 0 Å². The molecule has 0 atom stereocenters. The van der Waals surface area contributed by atoms with Gasteiger partial charge < -0.3 is 0 Å². The van der Waals surface area contributed by atoms with Crippen molar-refractivity contribution < 1.29 is 4.79 Å². The van der Waals surface area contributed by atoms with Crippen LogP contribution < -0.4 is 0 Å². The van der Waals surface area contributed by atoms with Crippen LogP contribution in [0.3, 0.4) is 0 Å². The molecule has 0 radical (unpaired) electrons. The van der Waals surface area contributed by atoms with E-state index in [2.05, 4.69) is 0 Å². The maximum Gasteiger partial charge on any atom is 0.147 e. The van der Waals surface area contributed by atoms with Crippen LogP contribution in [0.25, 0.3) is 0 Å². The number of hydrogen-bond acceptors (Lipinski definition) is 2. The Morgan fingerprint density at radius 2 is 1.65 bits per heavy atom. The number of ketones is 1. The van der Waals surface area contributed by atoms with Gasteiger partial charge in [0.05, 0.1) is 20.8 Å². The van der Waals surface area contributed by atoms with Gasteiger partial charge in [-0.1, -0.05) is 59.1 Å². The Kier molecular flexibility index (Phi) is 5.79. The van der Waals surface area contributed by atoms with Crippen molar-refractivity contribution in [3.05, 3.63) is 63.1 Å². The molecule has 0 aliphatic heterocycles. The number of hydrogen-bond donors (Lipinski definition) is 0. The molecule has 0 aromatic heterocycles. The first-order chi connectivity index (χ1) is 9.58. The van der Waals surface area contributed by atoms with Crippen LogP contribution in [0.4, 0.5) is 0 Å². The number of Topliss-reactive ketones (excluding diaryl/α,β-unsaturated/α-hetero) is 1. The molecule has 0 saturated carbocycles. The molecule has 20 heavy (non-hydrogen) atoms. The predicted octanol–water partition coefficient (Wildman–Crippen LogP) is 5.55. The number of rotatable bonds is 5. The second kappa shape index (κ2) is 7.37. The van der Waals surface area contributed by atoms with E-state index < -0.39 is 0 Å². The van der Waals surface area contributed by atoms with Crippen LogP contribution in [0.1, 0.15) is 5.56 Å². The molecule has 0 saturated heterocycles. The molecule has 0 bridgehead atoms. The molecule has 5 heteroatoms. The van der Waals surface area contributed by atoms with Crippen molar-refractivity contribution in [3.63, 3.8) is 0 Å². The Balaban J connectivity index is 1.96. The largest absolute Gasteiger partial charge is 0.298 e. The molecular weight excluding hydrogens is 335 g/mol. The summed E-state index contributed by atoms with van der Waals surface area (Å²) in [5.41, 5.74) is 0.754. The summed E-state index contributed by atoms with van der Waals surface area (Å²) in [5.74, 6) is 0.436. The van der Waals surface area contributed by atoms with E-state index in [4.69, 9.17) is 34.8 Å². The van der Waals surface area contributed by atoms with E-state index in [1.54, 1.807) is 12.1 Å². The Bertz CT molecular complexity index is 628. The highest BCUT2D eigenvalue weighted by Crippen LogP contribution is 2.28. The molecule has 0 heterocycles. The zero-order valence-corrected chi connectivity index (χ0v) is 13.5. The number of halogens is 3. The lowest BCUT2D eigenvalue weighted by molar-refractivity contribution is -0.116. The van der Waals surface area contributed by atoms with E-state index in [-0.39, 0.29) is 12.2 Å². The van der Waals surface area contributed by atoms with Crippen molar-refractivity contribution in [2.24, 2.45) is 0 Å². The van der Waals surface area contributed by atoms with E-state index in [1.165, 1.54) is 11.8 Å². The van der Waals surface area contributed by atoms with Crippen LogP contribution in [0.5, 0.6) is 0 Å². The standard InChI is InChI=1S/C15H11Cl3OS/c16-12-5-1-2-7-14(12)20-9-11(19)8-10-4-3-6-13(17)15(10)18/h1-7H,8-9H2. The average Bonchev–Trinajstić information content (AvgIpc) is 2.43. The number of carbonyl (C=O) groups is 1. The monoisotopic (exact) mass is 344 g/mol. The predicted molar refractivity (Wildman–Crippen MR) is 87.3 cm³/mol. The van der Waals surface area contributed by atoms with Gasteiger partial charge in [0.2, 0.25) is 0 Å². The first-order valence-corrected chi connectivity index (χ1v) is 8.02. The maximum absolute atomic E-state index is 12.0. The first-order valence-electron chi connectivity index (χ1n) is 5.90. The lowest BCUT2D eigenvalue weighted by Gasteiger charge is -2.06. The van der Waals surface area contributed by atoms with Crippen LogP contribution in [-0.2, 0) is 11.2 Å². The minimum Gasteiger partial charge on any atom is -0.298 e. The molecule has 104 valence electrons. The van der Waals surface area contributed by atoms with Gasteiger partial charge in [-0.2, -0.15) is 0 Å². The van der Waals surface area contributed by atoms with Crippen molar-refractivity contribution >= 4 is 52.3 Å². The van der Waals surface area contributed by atoms with Crippen LogP contribution in [0.2, 0.25) is 15.1 Å². The lowest BCUT2D eigenvalue weighted by atomic mass is 10.1. The minimum atomic E-state index is 0.0825. The highest BCUT2D eigenvalue weighted by Gasteiger charge is 2.10. The average molecular weight is 346 g/mol. The third kappa shape index (κ3) is 4.16. The Morgan fingerprint density at radius 3 is 2.40 bits per heavy atom. The Morgan fingerprint density at radius 1 is 0.950 bits per heavy atom. The van der Waals surface area contributed by atoms with Crippen molar-refractivity contribution in [2.45, 2.75) is 11.3 Å². The van der Waals surface area contributed by atoms with E-state index in [0.29, 0.717) is 20.8 Å². The van der Waals surface area contributed by atoms with Gasteiger partial charge in [-0.15, -0.1) is 11.8 Å². The van der Waals surface area contributed by atoms with Crippen molar-refractivity contribution in [3.8, 4) is 0 Å². The van der Waals surface area contributed by atoms with Crippen molar-refractivity contribution in [1.29, 1.82) is 0 Å². The molecule has 0 spiro atoms. The molecule has 0 fully saturated rings. The Labute approximate surface area is 137 Å². The van der Waals surface area contributed by atoms with Gasteiger partial charge in [0.25, 0.3) is 0 Å². The molecule has 2 aromatic rings. The second-order valence-corrected chi connectivity index (χ2v) is 6.36. The SMILES string of the molecule is O=C(CSc1ccccc1Cl)Cc1cccc(Cl)c1Cl. The normalized spacial score (nSPS) is 10.6. The van der Waals surface area contributed by atoms with Crippen LogP contribution in [0, 0.1) is 0 Å². The molecule has 0 aliphatic carbocycles.